The highest BCUT2D eigenvalue weighted by molar-refractivity contribution is 7.13. The van der Waals surface area contributed by atoms with Crippen molar-refractivity contribution in [2.75, 3.05) is 6.61 Å². The molecule has 3 rings (SSSR count). The normalized spacial score (nSPS) is 10.8. The van der Waals surface area contributed by atoms with E-state index in [-0.39, 0.29) is 5.69 Å². The summed E-state index contributed by atoms with van der Waals surface area (Å²) in [6.45, 7) is 2.47. The molecule has 0 unspecified atom stereocenters. The lowest BCUT2D eigenvalue weighted by Gasteiger charge is -2.03. The molecule has 0 aliphatic rings. The molecule has 132 valence electrons. The van der Waals surface area contributed by atoms with E-state index < -0.39 is 11.6 Å². The Hall–Kier alpha value is -3.26. The Morgan fingerprint density at radius 3 is 3.00 bits per heavy atom. The number of H-pyrrole nitrogens is 1. The SMILES string of the molecule is CCOc1cccc(/C=N/NC(=O)c2cc(-c3cccs3)[nH]c(=O)n2)c1. The summed E-state index contributed by atoms with van der Waals surface area (Å²) in [5, 5.41) is 5.79. The zero-order valence-electron chi connectivity index (χ0n) is 13.9. The van der Waals surface area contributed by atoms with Gasteiger partial charge in [0, 0.05) is 0 Å². The molecule has 0 spiro atoms. The van der Waals surface area contributed by atoms with Crippen molar-refractivity contribution in [2.24, 2.45) is 5.10 Å². The van der Waals surface area contributed by atoms with Crippen molar-refractivity contribution in [1.29, 1.82) is 0 Å². The van der Waals surface area contributed by atoms with Crippen molar-refractivity contribution in [3.63, 3.8) is 0 Å². The summed E-state index contributed by atoms with van der Waals surface area (Å²) in [6, 6.07) is 12.5. The van der Waals surface area contributed by atoms with Crippen LogP contribution in [0, 0.1) is 0 Å². The predicted molar refractivity (Wildman–Crippen MR) is 101 cm³/mol. The maximum Gasteiger partial charge on any atom is 0.346 e. The third kappa shape index (κ3) is 4.42. The van der Waals surface area contributed by atoms with E-state index in [0.29, 0.717) is 12.3 Å². The van der Waals surface area contributed by atoms with Gasteiger partial charge in [-0.05, 0) is 42.1 Å². The highest BCUT2D eigenvalue weighted by Crippen LogP contribution is 2.21. The molecule has 0 bridgehead atoms. The molecule has 0 saturated carbocycles. The summed E-state index contributed by atoms with van der Waals surface area (Å²) in [5.41, 5.74) is 3.10. The number of hydrogen-bond acceptors (Lipinski definition) is 6. The highest BCUT2D eigenvalue weighted by Gasteiger charge is 2.11. The van der Waals surface area contributed by atoms with Crippen molar-refractivity contribution in [2.45, 2.75) is 6.92 Å². The number of hydrazone groups is 1. The van der Waals surface area contributed by atoms with Crippen LogP contribution in [-0.4, -0.2) is 28.7 Å². The number of ether oxygens (including phenoxy) is 1. The largest absolute Gasteiger partial charge is 0.494 e. The molecule has 0 aliphatic carbocycles. The van der Waals surface area contributed by atoms with E-state index in [4.69, 9.17) is 4.74 Å². The number of carbonyl (C=O) groups excluding carboxylic acids is 1. The molecule has 3 aromatic rings. The Morgan fingerprint density at radius 2 is 2.23 bits per heavy atom. The first-order valence-corrected chi connectivity index (χ1v) is 8.75. The lowest BCUT2D eigenvalue weighted by Crippen LogP contribution is -2.24. The van der Waals surface area contributed by atoms with Crippen LogP contribution in [0.15, 0.2) is 57.7 Å². The summed E-state index contributed by atoms with van der Waals surface area (Å²) >= 11 is 1.45. The van der Waals surface area contributed by atoms with Gasteiger partial charge in [-0.15, -0.1) is 11.3 Å². The van der Waals surface area contributed by atoms with Crippen molar-refractivity contribution >= 4 is 23.5 Å². The van der Waals surface area contributed by atoms with Crippen LogP contribution in [0.4, 0.5) is 0 Å². The molecule has 0 aliphatic heterocycles. The Kier molecular flexibility index (Phi) is 5.55. The summed E-state index contributed by atoms with van der Waals surface area (Å²) < 4.78 is 5.41. The number of nitrogens with zero attached hydrogens (tertiary/aromatic N) is 2. The van der Waals surface area contributed by atoms with Gasteiger partial charge < -0.3 is 9.72 Å². The van der Waals surface area contributed by atoms with E-state index in [9.17, 15) is 9.59 Å². The van der Waals surface area contributed by atoms with E-state index in [1.807, 2.05) is 42.6 Å². The number of aromatic nitrogens is 2. The Balaban J connectivity index is 1.72. The van der Waals surface area contributed by atoms with E-state index in [0.717, 1.165) is 16.2 Å². The number of thiophene rings is 1. The minimum absolute atomic E-state index is 0.00244. The number of nitrogens with one attached hydrogen (secondary N) is 2. The van der Waals surface area contributed by atoms with Crippen LogP contribution in [0.5, 0.6) is 5.75 Å². The van der Waals surface area contributed by atoms with Gasteiger partial charge in [0.2, 0.25) is 0 Å². The molecular formula is C18H16N4O3S. The molecule has 8 heteroatoms. The first kappa shape index (κ1) is 17.6. The molecule has 0 atom stereocenters. The van der Waals surface area contributed by atoms with E-state index >= 15 is 0 Å². The van der Waals surface area contributed by atoms with Gasteiger partial charge in [-0.1, -0.05) is 18.2 Å². The fourth-order valence-electron chi connectivity index (χ4n) is 2.21. The van der Waals surface area contributed by atoms with Crippen LogP contribution in [0.25, 0.3) is 10.6 Å². The third-order valence-corrected chi connectivity index (χ3v) is 4.22. The smallest absolute Gasteiger partial charge is 0.346 e. The van der Waals surface area contributed by atoms with Gasteiger partial charge in [0.1, 0.15) is 11.4 Å². The molecule has 0 fully saturated rings. The number of benzene rings is 1. The van der Waals surface area contributed by atoms with E-state index in [1.165, 1.54) is 23.6 Å². The van der Waals surface area contributed by atoms with Crippen LogP contribution >= 0.6 is 11.3 Å². The molecule has 1 amide bonds. The Bertz CT molecular complexity index is 980. The van der Waals surface area contributed by atoms with Crippen molar-refractivity contribution in [1.82, 2.24) is 15.4 Å². The molecule has 2 heterocycles. The topological polar surface area (TPSA) is 96.4 Å². The number of rotatable bonds is 6. The average Bonchev–Trinajstić information content (AvgIpc) is 3.16. The molecule has 26 heavy (non-hydrogen) atoms. The van der Waals surface area contributed by atoms with Crippen LogP contribution in [-0.2, 0) is 0 Å². The molecular weight excluding hydrogens is 352 g/mol. The molecule has 7 nitrogen and oxygen atoms in total. The highest BCUT2D eigenvalue weighted by atomic mass is 32.1. The van der Waals surface area contributed by atoms with E-state index in [2.05, 4.69) is 20.5 Å². The molecule has 0 saturated heterocycles. The number of aromatic amines is 1. The summed E-state index contributed by atoms with van der Waals surface area (Å²) in [5.74, 6) is 0.158. The lowest BCUT2D eigenvalue weighted by molar-refractivity contribution is 0.0949. The lowest BCUT2D eigenvalue weighted by atomic mass is 10.2. The average molecular weight is 368 g/mol. The van der Waals surface area contributed by atoms with Gasteiger partial charge in [0.25, 0.3) is 5.91 Å². The minimum atomic E-state index is -0.588. The zero-order chi connectivity index (χ0) is 18.4. The fraction of sp³-hybridized carbons (Fsp3) is 0.111. The second kappa shape index (κ2) is 8.21. The van der Waals surface area contributed by atoms with Crippen LogP contribution in [0.3, 0.4) is 0 Å². The second-order valence-electron chi connectivity index (χ2n) is 5.17. The first-order valence-electron chi connectivity index (χ1n) is 7.87. The Morgan fingerprint density at radius 1 is 1.35 bits per heavy atom. The molecule has 2 N–H and O–H groups in total. The number of carbonyl (C=O) groups is 1. The number of hydrogen-bond donors (Lipinski definition) is 2. The standard InChI is InChI=1S/C18H16N4O3S/c1-2-25-13-6-3-5-12(9-13)11-19-22-17(23)15-10-14(20-18(24)21-15)16-7-4-8-26-16/h3-11H,2H2,1H3,(H,22,23)(H,20,21,24)/b19-11+. The zero-order valence-corrected chi connectivity index (χ0v) is 14.7. The van der Waals surface area contributed by atoms with E-state index in [1.54, 1.807) is 6.07 Å². The van der Waals surface area contributed by atoms with Gasteiger partial charge in [-0.3, -0.25) is 4.79 Å². The number of amides is 1. The van der Waals surface area contributed by atoms with Gasteiger partial charge in [-0.2, -0.15) is 10.1 Å². The summed E-state index contributed by atoms with van der Waals surface area (Å²) in [4.78, 5) is 31.1. The van der Waals surface area contributed by atoms with Crippen LogP contribution < -0.4 is 15.9 Å². The summed E-state index contributed by atoms with van der Waals surface area (Å²) in [6.07, 6.45) is 1.49. The van der Waals surface area contributed by atoms with Crippen LogP contribution in [0.2, 0.25) is 0 Å². The maximum absolute atomic E-state index is 12.2. The molecule has 2 aromatic heterocycles. The molecule has 0 radical (unpaired) electrons. The minimum Gasteiger partial charge on any atom is -0.494 e. The van der Waals surface area contributed by atoms with Gasteiger partial charge in [0.05, 0.1) is 23.4 Å². The van der Waals surface area contributed by atoms with Gasteiger partial charge in [-0.25, -0.2) is 10.2 Å². The third-order valence-electron chi connectivity index (χ3n) is 3.31. The van der Waals surface area contributed by atoms with Crippen molar-refractivity contribution in [3.8, 4) is 16.3 Å². The van der Waals surface area contributed by atoms with Gasteiger partial charge in [0.15, 0.2) is 0 Å². The predicted octanol–water partition coefficient (Wildman–Crippen LogP) is 2.66. The monoisotopic (exact) mass is 368 g/mol. The van der Waals surface area contributed by atoms with Crippen LogP contribution in [0.1, 0.15) is 23.0 Å². The maximum atomic E-state index is 12.2. The van der Waals surface area contributed by atoms with Crippen molar-refractivity contribution in [3.05, 3.63) is 69.6 Å². The van der Waals surface area contributed by atoms with Gasteiger partial charge >= 0.3 is 5.69 Å². The Labute approximate surface area is 153 Å². The summed E-state index contributed by atoms with van der Waals surface area (Å²) in [7, 11) is 0. The van der Waals surface area contributed by atoms with Crippen molar-refractivity contribution < 1.29 is 9.53 Å². The molecule has 1 aromatic carbocycles. The quantitative estimate of drug-likeness (QED) is 0.516. The first-order chi connectivity index (χ1) is 12.7. The fourth-order valence-corrected chi connectivity index (χ4v) is 2.91. The second-order valence-corrected chi connectivity index (χ2v) is 6.11.